The van der Waals surface area contributed by atoms with Gasteiger partial charge in [0.1, 0.15) is 6.04 Å². The number of halogens is 1. The van der Waals surface area contributed by atoms with Gasteiger partial charge >= 0.3 is 0 Å². The Morgan fingerprint density at radius 1 is 0.636 bits per heavy atom. The Morgan fingerprint density at radius 3 is 1.61 bits per heavy atom. The summed E-state index contributed by atoms with van der Waals surface area (Å²) in [5.74, 6) is 0. The topological polar surface area (TPSA) is 0 Å². The fourth-order valence-electron chi connectivity index (χ4n) is 5.43. The molecule has 0 spiro atoms. The standard InChI is InChI=1S/C31H56N.ClH/c1-5-9-10-11-12-13-14-15-16-17-18-19-20-21-22-26-29-32(7-3,8-4)31(6-2)30-27-24-23-25-28-30;/h15-16,23-25,27-28,31H,5-14,17-22,26,29H2,1-4H3;1H/q+1;/p-1/b16-15-;. The van der Waals surface area contributed by atoms with Crippen LogP contribution in [0.1, 0.15) is 136 Å². The van der Waals surface area contributed by atoms with E-state index in [4.69, 9.17) is 0 Å². The normalized spacial score (nSPS) is 12.7. The smallest absolute Gasteiger partial charge is 0.114 e. The summed E-state index contributed by atoms with van der Waals surface area (Å²) in [5.41, 5.74) is 1.53. The molecule has 0 saturated heterocycles. The third-order valence-electron chi connectivity index (χ3n) is 7.61. The molecule has 0 saturated carbocycles. The molecule has 0 bridgehead atoms. The molecule has 1 aromatic rings. The molecule has 33 heavy (non-hydrogen) atoms. The minimum atomic E-state index is 0. The van der Waals surface area contributed by atoms with Gasteiger partial charge in [-0.25, -0.2) is 0 Å². The van der Waals surface area contributed by atoms with Gasteiger partial charge in [0.25, 0.3) is 0 Å². The van der Waals surface area contributed by atoms with Crippen molar-refractivity contribution in [3.63, 3.8) is 0 Å². The van der Waals surface area contributed by atoms with Crippen LogP contribution in [0.5, 0.6) is 0 Å². The zero-order valence-electron chi connectivity index (χ0n) is 22.7. The van der Waals surface area contributed by atoms with E-state index in [0.29, 0.717) is 6.04 Å². The molecule has 0 N–H and O–H groups in total. The lowest BCUT2D eigenvalue weighted by Gasteiger charge is -2.44. The van der Waals surface area contributed by atoms with Crippen LogP contribution in [0.2, 0.25) is 0 Å². The molecular formula is C31H56ClN. The summed E-state index contributed by atoms with van der Waals surface area (Å²) in [6.45, 7) is 13.3. The van der Waals surface area contributed by atoms with E-state index in [0.717, 1.165) is 0 Å². The van der Waals surface area contributed by atoms with E-state index < -0.39 is 0 Å². The van der Waals surface area contributed by atoms with Gasteiger partial charge in [-0.05, 0) is 52.4 Å². The molecule has 0 aliphatic rings. The van der Waals surface area contributed by atoms with Crippen molar-refractivity contribution in [2.75, 3.05) is 19.6 Å². The zero-order chi connectivity index (χ0) is 23.3. The Hall–Kier alpha value is -0.790. The van der Waals surface area contributed by atoms with Gasteiger partial charge in [-0.15, -0.1) is 0 Å². The highest BCUT2D eigenvalue weighted by molar-refractivity contribution is 5.17. The summed E-state index contributed by atoms with van der Waals surface area (Å²) in [6.07, 6.45) is 25.5. The molecule has 1 atom stereocenters. The first kappa shape index (κ1) is 32.2. The second-order valence-electron chi connectivity index (χ2n) is 9.85. The monoisotopic (exact) mass is 477 g/mol. The van der Waals surface area contributed by atoms with Crippen molar-refractivity contribution >= 4 is 0 Å². The van der Waals surface area contributed by atoms with Gasteiger partial charge in [0.2, 0.25) is 0 Å². The minimum Gasteiger partial charge on any atom is -1.00 e. The molecule has 0 fully saturated rings. The predicted octanol–water partition coefficient (Wildman–Crippen LogP) is 7.04. The molecule has 0 aromatic heterocycles. The third kappa shape index (κ3) is 13.6. The maximum atomic E-state index is 2.44. The molecule has 0 aliphatic heterocycles. The average Bonchev–Trinajstić information content (AvgIpc) is 2.83. The first-order chi connectivity index (χ1) is 15.7. The van der Waals surface area contributed by atoms with Crippen molar-refractivity contribution in [1.29, 1.82) is 0 Å². The summed E-state index contributed by atoms with van der Waals surface area (Å²) >= 11 is 0. The molecule has 1 rings (SSSR count). The Balaban J connectivity index is 0.0000102. The first-order valence-electron chi connectivity index (χ1n) is 14.3. The summed E-state index contributed by atoms with van der Waals surface area (Å²) in [5, 5.41) is 0. The molecule has 0 amide bonds. The van der Waals surface area contributed by atoms with E-state index in [1.165, 1.54) is 126 Å². The summed E-state index contributed by atoms with van der Waals surface area (Å²) in [6, 6.07) is 11.9. The Bertz CT molecular complexity index is 549. The van der Waals surface area contributed by atoms with Crippen LogP contribution < -0.4 is 12.4 Å². The quantitative estimate of drug-likeness (QED) is 0.101. The van der Waals surface area contributed by atoms with Crippen molar-refractivity contribution in [2.45, 2.75) is 130 Å². The van der Waals surface area contributed by atoms with E-state index >= 15 is 0 Å². The SMILES string of the molecule is CCCCCCCC/C=C\CCCCCCCC[N+](CC)(CC)C(CC)c1ccccc1.[Cl-]. The lowest BCUT2D eigenvalue weighted by Crippen LogP contribution is -3.00. The molecular weight excluding hydrogens is 422 g/mol. The predicted molar refractivity (Wildman–Crippen MR) is 145 cm³/mol. The molecule has 0 radical (unpaired) electrons. The van der Waals surface area contributed by atoms with Gasteiger partial charge in [0.15, 0.2) is 0 Å². The van der Waals surface area contributed by atoms with Crippen LogP contribution >= 0.6 is 0 Å². The third-order valence-corrected chi connectivity index (χ3v) is 7.61. The summed E-state index contributed by atoms with van der Waals surface area (Å²) in [4.78, 5) is 0. The van der Waals surface area contributed by atoms with Crippen molar-refractivity contribution in [3.05, 3.63) is 48.0 Å². The molecule has 1 nitrogen and oxygen atoms in total. The Kier molecular flexibility index (Phi) is 21.2. The van der Waals surface area contributed by atoms with Gasteiger partial charge in [0, 0.05) is 12.0 Å². The van der Waals surface area contributed by atoms with Crippen LogP contribution in [0.15, 0.2) is 42.5 Å². The highest BCUT2D eigenvalue weighted by atomic mass is 35.5. The summed E-state index contributed by atoms with van der Waals surface area (Å²) < 4.78 is 1.25. The Labute approximate surface area is 214 Å². The van der Waals surface area contributed by atoms with E-state index in [2.05, 4.69) is 70.2 Å². The molecule has 1 unspecified atom stereocenters. The molecule has 0 aliphatic carbocycles. The second kappa shape index (κ2) is 21.7. The highest BCUT2D eigenvalue weighted by Crippen LogP contribution is 2.32. The minimum absolute atomic E-state index is 0. The van der Waals surface area contributed by atoms with Gasteiger partial charge < -0.3 is 16.9 Å². The van der Waals surface area contributed by atoms with Crippen LogP contribution in [0.4, 0.5) is 0 Å². The number of nitrogens with zero attached hydrogens (tertiary/aromatic N) is 1. The van der Waals surface area contributed by atoms with Crippen LogP contribution in [0.25, 0.3) is 0 Å². The molecule has 2 heteroatoms. The van der Waals surface area contributed by atoms with E-state index in [1.54, 1.807) is 0 Å². The zero-order valence-corrected chi connectivity index (χ0v) is 23.4. The maximum Gasteiger partial charge on any atom is 0.114 e. The van der Waals surface area contributed by atoms with Crippen LogP contribution in [0, 0.1) is 0 Å². The van der Waals surface area contributed by atoms with Crippen molar-refractivity contribution in [1.82, 2.24) is 0 Å². The van der Waals surface area contributed by atoms with Crippen molar-refractivity contribution in [3.8, 4) is 0 Å². The second-order valence-corrected chi connectivity index (χ2v) is 9.85. The maximum absolute atomic E-state index is 2.44. The fourth-order valence-corrected chi connectivity index (χ4v) is 5.43. The molecule has 1 aromatic carbocycles. The number of hydrogen-bond acceptors (Lipinski definition) is 0. The first-order valence-corrected chi connectivity index (χ1v) is 14.3. The molecule has 0 heterocycles. The van der Waals surface area contributed by atoms with Crippen molar-refractivity contribution in [2.24, 2.45) is 0 Å². The number of quaternary nitrogens is 1. The fraction of sp³-hybridized carbons (Fsp3) is 0.742. The number of allylic oxidation sites excluding steroid dienone is 2. The number of rotatable bonds is 21. The van der Waals surface area contributed by atoms with Crippen LogP contribution in [0.3, 0.4) is 0 Å². The van der Waals surface area contributed by atoms with E-state index in [9.17, 15) is 0 Å². The average molecular weight is 478 g/mol. The number of benzene rings is 1. The number of unbranched alkanes of at least 4 members (excludes halogenated alkanes) is 12. The van der Waals surface area contributed by atoms with E-state index in [1.807, 2.05) is 0 Å². The largest absolute Gasteiger partial charge is 1.00 e. The van der Waals surface area contributed by atoms with Crippen LogP contribution in [-0.4, -0.2) is 24.1 Å². The lowest BCUT2D eigenvalue weighted by atomic mass is 9.98. The Morgan fingerprint density at radius 2 is 1.12 bits per heavy atom. The lowest BCUT2D eigenvalue weighted by molar-refractivity contribution is -0.954. The van der Waals surface area contributed by atoms with Gasteiger partial charge in [0.05, 0.1) is 19.6 Å². The summed E-state index contributed by atoms with van der Waals surface area (Å²) in [7, 11) is 0. The van der Waals surface area contributed by atoms with E-state index in [-0.39, 0.29) is 12.4 Å². The molecule has 192 valence electrons. The van der Waals surface area contributed by atoms with Crippen molar-refractivity contribution < 1.29 is 16.9 Å². The van der Waals surface area contributed by atoms with Gasteiger partial charge in [-0.2, -0.15) is 0 Å². The number of hydrogen-bond donors (Lipinski definition) is 0. The van der Waals surface area contributed by atoms with Crippen LogP contribution in [-0.2, 0) is 0 Å². The van der Waals surface area contributed by atoms with Gasteiger partial charge in [-0.3, -0.25) is 0 Å². The highest BCUT2D eigenvalue weighted by Gasteiger charge is 2.33. The van der Waals surface area contributed by atoms with Gasteiger partial charge in [-0.1, -0.05) is 108 Å².